The molecule has 2 atom stereocenters. The Morgan fingerprint density at radius 3 is 2.71 bits per heavy atom. The van der Waals surface area contributed by atoms with Crippen LogP contribution in [0.5, 0.6) is 0 Å². The van der Waals surface area contributed by atoms with Crippen LogP contribution >= 0.6 is 0 Å². The van der Waals surface area contributed by atoms with E-state index in [1.54, 1.807) is 12.1 Å². The number of rotatable bonds is 4. The van der Waals surface area contributed by atoms with Crippen molar-refractivity contribution in [3.8, 4) is 0 Å². The molecule has 1 N–H and O–H groups in total. The largest absolute Gasteiger partial charge is 0.311 e. The van der Waals surface area contributed by atoms with Crippen molar-refractivity contribution in [3.05, 3.63) is 35.4 Å². The first-order chi connectivity index (χ1) is 10.1. The molecule has 0 aromatic heterocycles. The Kier molecular flexibility index (Phi) is 4.27. The van der Waals surface area contributed by atoms with Gasteiger partial charge in [0.2, 0.25) is 0 Å². The van der Waals surface area contributed by atoms with Gasteiger partial charge in [-0.1, -0.05) is 26.0 Å². The number of piperazine rings is 1. The monoisotopic (exact) mass is 294 g/mol. The van der Waals surface area contributed by atoms with Gasteiger partial charge < -0.3 is 5.32 Å². The van der Waals surface area contributed by atoms with Gasteiger partial charge in [-0.25, -0.2) is 8.78 Å². The number of hydrogen-bond donors (Lipinski definition) is 1. The van der Waals surface area contributed by atoms with Gasteiger partial charge in [-0.2, -0.15) is 0 Å². The molecule has 1 saturated carbocycles. The van der Waals surface area contributed by atoms with Crippen molar-refractivity contribution in [2.45, 2.75) is 45.3 Å². The Morgan fingerprint density at radius 1 is 1.29 bits per heavy atom. The van der Waals surface area contributed by atoms with Crippen LogP contribution in [0.4, 0.5) is 8.78 Å². The lowest BCUT2D eigenvalue weighted by Crippen LogP contribution is -2.58. The summed E-state index contributed by atoms with van der Waals surface area (Å²) in [6.45, 7) is 6.79. The molecule has 1 aliphatic carbocycles. The molecule has 2 fully saturated rings. The summed E-state index contributed by atoms with van der Waals surface area (Å²) < 4.78 is 27.3. The molecular formula is C17H24F2N2. The van der Waals surface area contributed by atoms with E-state index in [0.717, 1.165) is 19.0 Å². The van der Waals surface area contributed by atoms with Crippen molar-refractivity contribution >= 4 is 0 Å². The maximum atomic E-state index is 13.9. The van der Waals surface area contributed by atoms with Crippen LogP contribution in [0.25, 0.3) is 0 Å². The van der Waals surface area contributed by atoms with Crippen LogP contribution in [0.2, 0.25) is 0 Å². The smallest absolute Gasteiger partial charge is 0.163 e. The first-order valence-electron chi connectivity index (χ1n) is 7.96. The minimum atomic E-state index is -0.744. The van der Waals surface area contributed by atoms with E-state index in [4.69, 9.17) is 0 Å². The van der Waals surface area contributed by atoms with Crippen molar-refractivity contribution in [2.75, 3.05) is 13.1 Å². The molecule has 21 heavy (non-hydrogen) atoms. The van der Waals surface area contributed by atoms with Gasteiger partial charge in [0, 0.05) is 37.3 Å². The number of nitrogens with zero attached hydrogens (tertiary/aromatic N) is 1. The van der Waals surface area contributed by atoms with E-state index in [2.05, 4.69) is 24.1 Å². The predicted molar refractivity (Wildman–Crippen MR) is 79.9 cm³/mol. The molecule has 0 spiro atoms. The van der Waals surface area contributed by atoms with E-state index in [1.807, 2.05) is 0 Å². The normalized spacial score (nSPS) is 27.3. The van der Waals surface area contributed by atoms with E-state index < -0.39 is 11.6 Å². The van der Waals surface area contributed by atoms with Crippen LogP contribution in [0.1, 0.15) is 32.3 Å². The fourth-order valence-electron chi connectivity index (χ4n) is 3.32. The lowest BCUT2D eigenvalue weighted by Gasteiger charge is -2.42. The Balaban J connectivity index is 1.77. The predicted octanol–water partition coefficient (Wildman–Crippen LogP) is 3.17. The van der Waals surface area contributed by atoms with Crippen molar-refractivity contribution in [2.24, 2.45) is 11.8 Å². The van der Waals surface area contributed by atoms with E-state index in [-0.39, 0.29) is 0 Å². The van der Waals surface area contributed by atoms with E-state index in [9.17, 15) is 8.78 Å². The molecular weight excluding hydrogens is 270 g/mol. The van der Waals surface area contributed by atoms with Crippen molar-refractivity contribution in [1.29, 1.82) is 0 Å². The standard InChI is InChI=1S/C17H24F2N2/c1-11(2)15-10-21(16(8-20-15)12-6-7-12)9-13-4-3-5-14(18)17(13)19/h3-5,11-12,15-16,20H,6-10H2,1-2H3. The Hall–Kier alpha value is -1.00. The minimum absolute atomic E-state index is 0.427. The van der Waals surface area contributed by atoms with Crippen LogP contribution < -0.4 is 5.32 Å². The van der Waals surface area contributed by atoms with Gasteiger partial charge in [0.05, 0.1) is 0 Å². The van der Waals surface area contributed by atoms with Crippen LogP contribution in [0.3, 0.4) is 0 Å². The van der Waals surface area contributed by atoms with Crippen LogP contribution in [-0.4, -0.2) is 30.1 Å². The molecule has 116 valence electrons. The van der Waals surface area contributed by atoms with Crippen LogP contribution in [-0.2, 0) is 6.54 Å². The second-order valence-electron chi connectivity index (χ2n) is 6.81. The van der Waals surface area contributed by atoms with Crippen molar-refractivity contribution in [1.82, 2.24) is 10.2 Å². The number of benzene rings is 1. The van der Waals surface area contributed by atoms with Crippen molar-refractivity contribution in [3.63, 3.8) is 0 Å². The summed E-state index contributed by atoms with van der Waals surface area (Å²) in [6.07, 6.45) is 2.53. The highest BCUT2D eigenvalue weighted by atomic mass is 19.2. The zero-order valence-electron chi connectivity index (χ0n) is 12.8. The second kappa shape index (κ2) is 6.01. The third kappa shape index (κ3) is 3.27. The third-order valence-corrected chi connectivity index (χ3v) is 4.87. The fourth-order valence-corrected chi connectivity index (χ4v) is 3.32. The number of nitrogens with one attached hydrogen (secondary N) is 1. The van der Waals surface area contributed by atoms with Gasteiger partial charge in [0.1, 0.15) is 0 Å². The summed E-state index contributed by atoms with van der Waals surface area (Å²) >= 11 is 0. The summed E-state index contributed by atoms with van der Waals surface area (Å²) in [4.78, 5) is 2.36. The molecule has 1 aliphatic heterocycles. The Bertz CT molecular complexity index is 500. The van der Waals surface area contributed by atoms with E-state index in [1.165, 1.54) is 18.9 Å². The number of hydrogen-bond acceptors (Lipinski definition) is 2. The molecule has 0 radical (unpaired) electrons. The summed E-state index contributed by atoms with van der Waals surface area (Å²) in [6, 6.07) is 5.38. The maximum absolute atomic E-state index is 13.9. The molecule has 4 heteroatoms. The third-order valence-electron chi connectivity index (χ3n) is 4.87. The highest BCUT2D eigenvalue weighted by molar-refractivity contribution is 5.19. The summed E-state index contributed by atoms with van der Waals surface area (Å²) in [5.74, 6) is -0.162. The number of halogens is 2. The molecule has 0 bridgehead atoms. The van der Waals surface area contributed by atoms with Gasteiger partial charge in [-0.3, -0.25) is 4.90 Å². The first kappa shape index (κ1) is 14.9. The first-order valence-corrected chi connectivity index (χ1v) is 7.96. The Morgan fingerprint density at radius 2 is 2.05 bits per heavy atom. The molecule has 0 amide bonds. The molecule has 2 aliphatic rings. The topological polar surface area (TPSA) is 15.3 Å². The molecule has 2 unspecified atom stereocenters. The van der Waals surface area contributed by atoms with Crippen LogP contribution in [0.15, 0.2) is 18.2 Å². The highest BCUT2D eigenvalue weighted by Gasteiger charge is 2.39. The van der Waals surface area contributed by atoms with E-state index >= 15 is 0 Å². The van der Waals surface area contributed by atoms with Gasteiger partial charge in [0.15, 0.2) is 11.6 Å². The van der Waals surface area contributed by atoms with Gasteiger partial charge in [-0.05, 0) is 30.7 Å². The molecule has 1 heterocycles. The molecule has 1 saturated heterocycles. The van der Waals surface area contributed by atoms with Gasteiger partial charge >= 0.3 is 0 Å². The quantitative estimate of drug-likeness (QED) is 0.917. The molecule has 3 rings (SSSR count). The molecule has 2 nitrogen and oxygen atoms in total. The second-order valence-corrected chi connectivity index (χ2v) is 6.81. The SMILES string of the molecule is CC(C)C1CN(Cc2cccc(F)c2F)C(C2CC2)CN1. The summed E-state index contributed by atoms with van der Waals surface area (Å²) in [5, 5.41) is 3.62. The van der Waals surface area contributed by atoms with Gasteiger partial charge in [0.25, 0.3) is 0 Å². The maximum Gasteiger partial charge on any atom is 0.163 e. The lowest BCUT2D eigenvalue weighted by atomic mass is 9.97. The summed E-state index contributed by atoms with van der Waals surface area (Å²) in [7, 11) is 0. The minimum Gasteiger partial charge on any atom is -0.311 e. The highest BCUT2D eigenvalue weighted by Crippen LogP contribution is 2.37. The van der Waals surface area contributed by atoms with Crippen LogP contribution in [0, 0.1) is 23.5 Å². The molecule has 1 aromatic carbocycles. The van der Waals surface area contributed by atoms with Crippen molar-refractivity contribution < 1.29 is 8.78 Å². The van der Waals surface area contributed by atoms with Gasteiger partial charge in [-0.15, -0.1) is 0 Å². The van der Waals surface area contributed by atoms with E-state index in [0.29, 0.717) is 30.1 Å². The summed E-state index contributed by atoms with van der Waals surface area (Å²) in [5.41, 5.74) is 0.477. The average molecular weight is 294 g/mol. The lowest BCUT2D eigenvalue weighted by molar-refractivity contribution is 0.0913. The fraction of sp³-hybridized carbons (Fsp3) is 0.647. The zero-order chi connectivity index (χ0) is 15.0. The zero-order valence-corrected chi connectivity index (χ0v) is 12.8. The Labute approximate surface area is 125 Å². The average Bonchev–Trinajstić information content (AvgIpc) is 3.28. The molecule has 1 aromatic rings.